The van der Waals surface area contributed by atoms with Crippen LogP contribution in [0.25, 0.3) is 11.3 Å². The minimum Gasteiger partial charge on any atom is -0.462 e. The van der Waals surface area contributed by atoms with E-state index in [1.807, 2.05) is 42.5 Å². The maximum absolute atomic E-state index is 11.8. The lowest BCUT2D eigenvalue weighted by Crippen LogP contribution is -2.05. The molecule has 0 spiro atoms. The molecule has 0 saturated heterocycles. The monoisotopic (exact) mass is 319 g/mol. The molecule has 24 heavy (non-hydrogen) atoms. The fourth-order valence-corrected chi connectivity index (χ4v) is 2.28. The van der Waals surface area contributed by atoms with Crippen LogP contribution >= 0.6 is 0 Å². The van der Waals surface area contributed by atoms with Crippen LogP contribution < -0.4 is 5.32 Å². The largest absolute Gasteiger partial charge is 0.462 e. The average Bonchev–Trinajstić information content (AvgIpc) is 2.63. The molecule has 0 aliphatic heterocycles. The van der Waals surface area contributed by atoms with E-state index in [1.165, 1.54) is 6.33 Å². The van der Waals surface area contributed by atoms with Gasteiger partial charge in [0.25, 0.3) is 0 Å². The molecule has 2 aromatic carbocycles. The summed E-state index contributed by atoms with van der Waals surface area (Å²) in [5.74, 6) is 0.318. The van der Waals surface area contributed by atoms with Crippen molar-refractivity contribution in [2.45, 2.75) is 6.92 Å². The van der Waals surface area contributed by atoms with Crippen LogP contribution in [-0.4, -0.2) is 22.5 Å². The summed E-state index contributed by atoms with van der Waals surface area (Å²) in [6.45, 7) is 2.13. The molecule has 120 valence electrons. The summed E-state index contributed by atoms with van der Waals surface area (Å²) < 4.78 is 5.02. The number of esters is 1. The lowest BCUT2D eigenvalue weighted by molar-refractivity contribution is 0.0526. The van der Waals surface area contributed by atoms with E-state index in [9.17, 15) is 4.79 Å². The Morgan fingerprint density at radius 3 is 2.67 bits per heavy atom. The van der Waals surface area contributed by atoms with Gasteiger partial charge in [-0.25, -0.2) is 14.8 Å². The van der Waals surface area contributed by atoms with Crippen LogP contribution in [0.2, 0.25) is 0 Å². The van der Waals surface area contributed by atoms with Crippen molar-refractivity contribution in [1.82, 2.24) is 9.97 Å². The number of anilines is 2. The third-order valence-corrected chi connectivity index (χ3v) is 3.38. The fraction of sp³-hybridized carbons (Fsp3) is 0.105. The van der Waals surface area contributed by atoms with Gasteiger partial charge in [-0.3, -0.25) is 0 Å². The number of carbonyl (C=O) groups excluding carboxylic acids is 1. The van der Waals surface area contributed by atoms with Gasteiger partial charge in [-0.15, -0.1) is 0 Å². The number of aromatic nitrogens is 2. The van der Waals surface area contributed by atoms with Gasteiger partial charge < -0.3 is 10.1 Å². The molecule has 1 heterocycles. The van der Waals surface area contributed by atoms with Crippen molar-refractivity contribution >= 4 is 17.5 Å². The molecule has 0 aliphatic rings. The molecule has 1 N–H and O–H groups in total. The molecular weight excluding hydrogens is 302 g/mol. The van der Waals surface area contributed by atoms with Gasteiger partial charge in [0.05, 0.1) is 17.9 Å². The lowest BCUT2D eigenvalue weighted by Gasteiger charge is -2.08. The molecule has 0 bridgehead atoms. The van der Waals surface area contributed by atoms with Gasteiger partial charge >= 0.3 is 5.97 Å². The Kier molecular flexibility index (Phi) is 4.81. The van der Waals surface area contributed by atoms with Crippen molar-refractivity contribution < 1.29 is 9.53 Å². The van der Waals surface area contributed by atoms with E-state index in [-0.39, 0.29) is 5.97 Å². The maximum Gasteiger partial charge on any atom is 0.338 e. The highest BCUT2D eigenvalue weighted by atomic mass is 16.5. The van der Waals surface area contributed by atoms with Crippen LogP contribution in [0.1, 0.15) is 17.3 Å². The predicted octanol–water partition coefficient (Wildman–Crippen LogP) is 4.06. The zero-order valence-corrected chi connectivity index (χ0v) is 13.3. The number of nitrogens with one attached hydrogen (secondary N) is 1. The quantitative estimate of drug-likeness (QED) is 0.718. The van der Waals surface area contributed by atoms with Gasteiger partial charge in [-0.05, 0) is 25.1 Å². The van der Waals surface area contributed by atoms with E-state index in [0.29, 0.717) is 18.0 Å². The first-order valence-electron chi connectivity index (χ1n) is 7.68. The minimum absolute atomic E-state index is 0.339. The second-order valence-corrected chi connectivity index (χ2v) is 5.08. The smallest absolute Gasteiger partial charge is 0.338 e. The van der Waals surface area contributed by atoms with E-state index in [4.69, 9.17) is 4.74 Å². The molecule has 3 rings (SSSR count). The maximum atomic E-state index is 11.8. The molecular formula is C19H17N3O2. The summed E-state index contributed by atoms with van der Waals surface area (Å²) in [7, 11) is 0. The van der Waals surface area contributed by atoms with Crippen LogP contribution in [0.3, 0.4) is 0 Å². The third-order valence-electron chi connectivity index (χ3n) is 3.38. The van der Waals surface area contributed by atoms with Gasteiger partial charge in [0, 0.05) is 17.3 Å². The second-order valence-electron chi connectivity index (χ2n) is 5.08. The van der Waals surface area contributed by atoms with Gasteiger partial charge in [0.2, 0.25) is 0 Å². The highest BCUT2D eigenvalue weighted by Crippen LogP contribution is 2.21. The summed E-state index contributed by atoms with van der Waals surface area (Å²) in [5, 5.41) is 3.19. The summed E-state index contributed by atoms with van der Waals surface area (Å²) >= 11 is 0. The first-order chi connectivity index (χ1) is 11.8. The molecule has 5 nitrogen and oxygen atoms in total. The lowest BCUT2D eigenvalue weighted by atomic mass is 10.1. The van der Waals surface area contributed by atoms with Crippen LogP contribution in [0.5, 0.6) is 0 Å². The van der Waals surface area contributed by atoms with Crippen LogP contribution in [0.15, 0.2) is 67.0 Å². The Bertz CT molecular complexity index is 835. The Morgan fingerprint density at radius 1 is 1.04 bits per heavy atom. The molecule has 0 amide bonds. The zero-order valence-electron chi connectivity index (χ0n) is 13.3. The van der Waals surface area contributed by atoms with E-state index in [1.54, 1.807) is 25.1 Å². The van der Waals surface area contributed by atoms with Crippen molar-refractivity contribution in [3.8, 4) is 11.3 Å². The summed E-state index contributed by atoms with van der Waals surface area (Å²) in [6, 6.07) is 18.9. The van der Waals surface area contributed by atoms with Crippen LogP contribution in [0.4, 0.5) is 11.5 Å². The number of nitrogens with zero attached hydrogens (tertiary/aromatic N) is 2. The number of hydrogen-bond acceptors (Lipinski definition) is 5. The van der Waals surface area contributed by atoms with E-state index < -0.39 is 0 Å². The Balaban J connectivity index is 1.82. The number of rotatable bonds is 5. The van der Waals surface area contributed by atoms with Gasteiger partial charge in [-0.2, -0.15) is 0 Å². The standard InChI is InChI=1S/C19H17N3O2/c1-2-24-19(23)15-9-6-10-16(11-15)22-18-12-17(20-13-21-18)14-7-4-3-5-8-14/h3-13H,2H2,1H3,(H,20,21,22). The van der Waals surface area contributed by atoms with Crippen LogP contribution in [-0.2, 0) is 4.74 Å². The molecule has 0 radical (unpaired) electrons. The molecule has 1 aromatic heterocycles. The first kappa shape index (κ1) is 15.7. The van der Waals surface area contributed by atoms with Crippen molar-refractivity contribution in [2.75, 3.05) is 11.9 Å². The van der Waals surface area contributed by atoms with Gasteiger partial charge in [0.1, 0.15) is 12.1 Å². The van der Waals surface area contributed by atoms with E-state index in [2.05, 4.69) is 15.3 Å². The Morgan fingerprint density at radius 2 is 1.88 bits per heavy atom. The number of benzene rings is 2. The molecule has 0 unspecified atom stereocenters. The molecule has 5 heteroatoms. The normalized spacial score (nSPS) is 10.2. The van der Waals surface area contributed by atoms with E-state index >= 15 is 0 Å². The zero-order chi connectivity index (χ0) is 16.8. The molecule has 3 aromatic rings. The SMILES string of the molecule is CCOC(=O)c1cccc(Nc2cc(-c3ccccc3)ncn2)c1. The number of carbonyl (C=O) groups is 1. The number of hydrogen-bond donors (Lipinski definition) is 1. The Hall–Kier alpha value is -3.21. The minimum atomic E-state index is -0.339. The number of ether oxygens (including phenoxy) is 1. The van der Waals surface area contributed by atoms with Gasteiger partial charge in [0.15, 0.2) is 0 Å². The third kappa shape index (κ3) is 3.76. The van der Waals surface area contributed by atoms with Crippen molar-refractivity contribution in [1.29, 1.82) is 0 Å². The van der Waals surface area contributed by atoms with E-state index in [0.717, 1.165) is 16.9 Å². The van der Waals surface area contributed by atoms with Crippen molar-refractivity contribution in [2.24, 2.45) is 0 Å². The van der Waals surface area contributed by atoms with Crippen molar-refractivity contribution in [3.63, 3.8) is 0 Å². The second kappa shape index (κ2) is 7.37. The predicted molar refractivity (Wildman–Crippen MR) is 93.1 cm³/mol. The molecule has 0 fully saturated rings. The summed E-state index contributed by atoms with van der Waals surface area (Å²) in [5.41, 5.74) is 3.11. The first-order valence-corrected chi connectivity index (χ1v) is 7.68. The van der Waals surface area contributed by atoms with Crippen LogP contribution in [0, 0.1) is 0 Å². The molecule has 0 saturated carbocycles. The summed E-state index contributed by atoms with van der Waals surface area (Å²) in [6.07, 6.45) is 1.51. The molecule has 0 atom stereocenters. The Labute approximate surface area is 140 Å². The average molecular weight is 319 g/mol. The molecule has 0 aliphatic carbocycles. The highest BCUT2D eigenvalue weighted by Gasteiger charge is 2.07. The summed E-state index contributed by atoms with van der Waals surface area (Å²) in [4.78, 5) is 20.3. The van der Waals surface area contributed by atoms with Gasteiger partial charge in [-0.1, -0.05) is 36.4 Å². The fourth-order valence-electron chi connectivity index (χ4n) is 2.28. The van der Waals surface area contributed by atoms with Crippen molar-refractivity contribution in [3.05, 3.63) is 72.6 Å². The highest BCUT2D eigenvalue weighted by molar-refractivity contribution is 5.90. The topological polar surface area (TPSA) is 64.1 Å².